The second-order valence-electron chi connectivity index (χ2n) is 5.50. The van der Waals surface area contributed by atoms with E-state index >= 15 is 0 Å². The number of rotatable bonds is 4. The minimum absolute atomic E-state index is 0. The number of ether oxygens (including phenoxy) is 1. The lowest BCUT2D eigenvalue weighted by Gasteiger charge is -2.24. The molecule has 2 aliphatic rings. The second-order valence-corrected chi connectivity index (χ2v) is 6.34. The summed E-state index contributed by atoms with van der Waals surface area (Å²) >= 11 is 1.56. The molecule has 0 saturated carbocycles. The van der Waals surface area contributed by atoms with Crippen LogP contribution in [0.15, 0.2) is 65.2 Å². The summed E-state index contributed by atoms with van der Waals surface area (Å²) in [5.41, 5.74) is 6.87. The minimum atomic E-state index is -0.254. The summed E-state index contributed by atoms with van der Waals surface area (Å²) in [6, 6.07) is 14.4. The zero-order valence-corrected chi connectivity index (χ0v) is 16.3. The van der Waals surface area contributed by atoms with E-state index in [4.69, 9.17) is 4.74 Å². The molecule has 0 aromatic heterocycles. The van der Waals surface area contributed by atoms with E-state index in [2.05, 4.69) is 15.9 Å². The highest BCUT2D eigenvalue weighted by Gasteiger charge is 2.26. The van der Waals surface area contributed by atoms with E-state index in [1.165, 1.54) is 12.1 Å². The molecular weight excluding hydrogens is 417 g/mol. The Balaban J connectivity index is 0.00000196. The number of amidine groups is 1. The molecule has 4 rings (SSSR count). The normalized spacial score (nSPS) is 15.2. The fourth-order valence-electron chi connectivity index (χ4n) is 2.66. The summed E-state index contributed by atoms with van der Waals surface area (Å²) in [6.45, 7) is 2.62. The van der Waals surface area contributed by atoms with Crippen molar-refractivity contribution in [3.05, 3.63) is 77.1 Å². The number of hydrazone groups is 1. The molecule has 2 aromatic rings. The van der Waals surface area contributed by atoms with Gasteiger partial charge in [-0.2, -0.15) is 0 Å². The lowest BCUT2D eigenvalue weighted by atomic mass is 10.1. The predicted octanol–water partition coefficient (Wildman–Crippen LogP) is 1.45. The number of benzene rings is 2. The molecule has 2 aliphatic heterocycles. The van der Waals surface area contributed by atoms with Crippen LogP contribution < -0.4 is 27.1 Å². The van der Waals surface area contributed by atoms with Gasteiger partial charge in [-0.3, -0.25) is 10.3 Å². The standard InChI is InChI=1S/C19H16FN3OS.BrH/c1-2-24-16-9-5-14(6-10-16)18-12-25-19-22-21-17(11-23(18)19)13-3-7-15(20)8-4-13;/h3-12,21H,2H2,1H3;1H/p-1. The first-order valence-electron chi connectivity index (χ1n) is 7.95. The zero-order chi connectivity index (χ0) is 17.2. The number of hydrogen-bond acceptors (Lipinski definition) is 5. The monoisotopic (exact) mass is 432 g/mol. The zero-order valence-electron chi connectivity index (χ0n) is 13.9. The summed E-state index contributed by atoms with van der Waals surface area (Å²) in [5.74, 6) is 0.602. The van der Waals surface area contributed by atoms with Crippen LogP contribution in [0.1, 0.15) is 18.1 Å². The maximum Gasteiger partial charge on any atom is 0.196 e. The summed E-state index contributed by atoms with van der Waals surface area (Å²) in [7, 11) is 0. The van der Waals surface area contributed by atoms with E-state index in [1.54, 1.807) is 23.9 Å². The topological polar surface area (TPSA) is 36.9 Å². The van der Waals surface area contributed by atoms with Crippen molar-refractivity contribution in [3.8, 4) is 5.75 Å². The predicted molar refractivity (Wildman–Crippen MR) is 100.0 cm³/mol. The fraction of sp³-hybridized carbons (Fsp3) is 0.105. The fourth-order valence-corrected chi connectivity index (χ4v) is 3.49. The summed E-state index contributed by atoms with van der Waals surface area (Å²) in [4.78, 5) is 2.04. The summed E-state index contributed by atoms with van der Waals surface area (Å²) in [5, 5.41) is 7.34. The molecule has 0 unspecified atom stereocenters. The molecule has 0 radical (unpaired) electrons. The van der Waals surface area contributed by atoms with Crippen molar-refractivity contribution in [2.24, 2.45) is 5.10 Å². The van der Waals surface area contributed by atoms with Crippen LogP contribution in [0, 0.1) is 5.82 Å². The highest BCUT2D eigenvalue weighted by Crippen LogP contribution is 2.36. The van der Waals surface area contributed by atoms with E-state index in [0.717, 1.165) is 33.4 Å². The third-order valence-corrected chi connectivity index (χ3v) is 4.73. The molecule has 7 heteroatoms. The molecule has 0 spiro atoms. The van der Waals surface area contributed by atoms with Crippen molar-refractivity contribution in [2.45, 2.75) is 6.92 Å². The van der Waals surface area contributed by atoms with E-state index in [-0.39, 0.29) is 22.8 Å². The molecular formula is C19H16BrFN3OS-. The van der Waals surface area contributed by atoms with Gasteiger partial charge in [0.25, 0.3) is 0 Å². The van der Waals surface area contributed by atoms with Crippen LogP contribution in [0.4, 0.5) is 4.39 Å². The van der Waals surface area contributed by atoms with Crippen LogP contribution in [-0.2, 0) is 0 Å². The molecule has 0 fully saturated rings. The van der Waals surface area contributed by atoms with Crippen molar-refractivity contribution in [2.75, 3.05) is 6.61 Å². The van der Waals surface area contributed by atoms with Gasteiger partial charge < -0.3 is 21.7 Å². The van der Waals surface area contributed by atoms with Gasteiger partial charge in [0.05, 0.1) is 18.0 Å². The molecule has 134 valence electrons. The number of nitrogens with one attached hydrogen (secondary N) is 1. The Morgan fingerprint density at radius 3 is 2.46 bits per heavy atom. The van der Waals surface area contributed by atoms with Crippen LogP contribution in [0.3, 0.4) is 0 Å². The van der Waals surface area contributed by atoms with E-state index in [0.29, 0.717) is 6.61 Å². The highest BCUT2D eigenvalue weighted by atomic mass is 79.9. The summed E-state index contributed by atoms with van der Waals surface area (Å²) < 4.78 is 18.6. The lowest BCUT2D eigenvalue weighted by molar-refractivity contribution is -0.00000608. The largest absolute Gasteiger partial charge is 1.00 e. The van der Waals surface area contributed by atoms with Crippen molar-refractivity contribution < 1.29 is 26.1 Å². The Labute approximate surface area is 166 Å². The van der Waals surface area contributed by atoms with Crippen LogP contribution in [0.25, 0.3) is 11.4 Å². The third-order valence-electron chi connectivity index (χ3n) is 3.89. The Kier molecular flexibility index (Phi) is 5.68. The van der Waals surface area contributed by atoms with Gasteiger partial charge >= 0.3 is 0 Å². The first-order chi connectivity index (χ1) is 12.2. The van der Waals surface area contributed by atoms with Crippen molar-refractivity contribution in [1.29, 1.82) is 0 Å². The van der Waals surface area contributed by atoms with Crippen molar-refractivity contribution in [1.82, 2.24) is 10.3 Å². The Hall–Kier alpha value is -2.25. The molecule has 1 N–H and O–H groups in total. The van der Waals surface area contributed by atoms with E-state index < -0.39 is 0 Å². The first-order valence-corrected chi connectivity index (χ1v) is 8.83. The Morgan fingerprint density at radius 1 is 1.08 bits per heavy atom. The maximum atomic E-state index is 13.1. The Morgan fingerprint density at radius 2 is 1.77 bits per heavy atom. The third kappa shape index (κ3) is 3.64. The number of halogens is 2. The average Bonchev–Trinajstić information content (AvgIpc) is 3.06. The van der Waals surface area contributed by atoms with Crippen molar-refractivity contribution in [3.63, 3.8) is 0 Å². The molecule has 0 saturated heterocycles. The number of hydrogen-bond donors (Lipinski definition) is 1. The molecule has 2 heterocycles. The molecule has 0 atom stereocenters. The molecule has 2 aromatic carbocycles. The molecule has 26 heavy (non-hydrogen) atoms. The van der Waals surface area contributed by atoms with Gasteiger partial charge in [-0.25, -0.2) is 4.39 Å². The van der Waals surface area contributed by atoms with Gasteiger partial charge in [0.15, 0.2) is 5.17 Å². The van der Waals surface area contributed by atoms with Crippen LogP contribution >= 0.6 is 11.8 Å². The quantitative estimate of drug-likeness (QED) is 0.793. The summed E-state index contributed by atoms with van der Waals surface area (Å²) in [6.07, 6.45) is 1.98. The van der Waals surface area contributed by atoms with Crippen LogP contribution in [0.5, 0.6) is 5.75 Å². The smallest absolute Gasteiger partial charge is 0.196 e. The van der Waals surface area contributed by atoms with Gasteiger partial charge in [-0.05, 0) is 61.0 Å². The molecule has 0 amide bonds. The minimum Gasteiger partial charge on any atom is -1.00 e. The second kappa shape index (κ2) is 7.97. The van der Waals surface area contributed by atoms with Crippen LogP contribution in [0.2, 0.25) is 0 Å². The van der Waals surface area contributed by atoms with Gasteiger partial charge in [0.2, 0.25) is 0 Å². The van der Waals surface area contributed by atoms with Gasteiger partial charge in [-0.15, -0.1) is 5.10 Å². The number of fused-ring (bicyclic) bond motifs is 1. The SMILES string of the molecule is CCOc1ccc(C2=CSC3=NNC(c4ccc(F)cc4)=CN23)cc1.[Br-]. The lowest BCUT2D eigenvalue weighted by Crippen LogP contribution is -3.00. The van der Waals surface area contributed by atoms with Gasteiger partial charge in [0.1, 0.15) is 11.6 Å². The molecule has 0 bridgehead atoms. The average molecular weight is 433 g/mol. The van der Waals surface area contributed by atoms with Crippen molar-refractivity contribution >= 4 is 28.3 Å². The molecule has 4 nitrogen and oxygen atoms in total. The van der Waals surface area contributed by atoms with Gasteiger partial charge in [0, 0.05) is 17.2 Å². The van der Waals surface area contributed by atoms with E-state index in [1.807, 2.05) is 42.3 Å². The van der Waals surface area contributed by atoms with E-state index in [9.17, 15) is 4.39 Å². The maximum absolute atomic E-state index is 13.1. The first kappa shape index (κ1) is 18.5. The van der Waals surface area contributed by atoms with Crippen LogP contribution in [-0.4, -0.2) is 16.7 Å². The van der Waals surface area contributed by atoms with Gasteiger partial charge in [-0.1, -0.05) is 11.8 Å². The highest BCUT2D eigenvalue weighted by molar-refractivity contribution is 8.16. The molecule has 0 aliphatic carbocycles. The Bertz CT molecular complexity index is 879. The number of thioether (sulfide) groups is 1. The number of nitrogens with zero attached hydrogens (tertiary/aromatic N) is 2.